The minimum Gasteiger partial charge on any atom is -0.469 e. The van der Waals surface area contributed by atoms with Crippen LogP contribution < -0.4 is 5.32 Å². The van der Waals surface area contributed by atoms with E-state index in [0.29, 0.717) is 0 Å². The van der Waals surface area contributed by atoms with Gasteiger partial charge >= 0.3 is 0 Å². The smallest absolute Gasteiger partial charge is 0.105 e. The van der Waals surface area contributed by atoms with Gasteiger partial charge in [0.2, 0.25) is 0 Å². The fourth-order valence-corrected chi connectivity index (χ4v) is 1.09. The first-order chi connectivity index (χ1) is 5.79. The van der Waals surface area contributed by atoms with Gasteiger partial charge in [0, 0.05) is 24.0 Å². The van der Waals surface area contributed by atoms with Gasteiger partial charge in [0.05, 0.1) is 6.26 Å². The summed E-state index contributed by atoms with van der Waals surface area (Å²) >= 11 is 3.27. The van der Waals surface area contributed by atoms with Crippen LogP contribution >= 0.6 is 15.9 Å². The molecule has 0 saturated carbocycles. The number of hydrogen-bond donors (Lipinski definition) is 1. The summed E-state index contributed by atoms with van der Waals surface area (Å²) in [6.07, 6.45) is 2.62. The van der Waals surface area contributed by atoms with Gasteiger partial charge in [-0.05, 0) is 12.1 Å². The van der Waals surface area contributed by atoms with E-state index in [2.05, 4.69) is 27.8 Å². The van der Waals surface area contributed by atoms with Crippen molar-refractivity contribution in [1.82, 2.24) is 5.32 Å². The molecule has 3 heteroatoms. The lowest BCUT2D eigenvalue weighted by molar-refractivity contribution is 0.502. The highest BCUT2D eigenvalue weighted by Crippen LogP contribution is 2.00. The molecule has 0 amide bonds. The average Bonchev–Trinajstić information content (AvgIpc) is 2.49. The second-order valence-electron chi connectivity index (χ2n) is 2.52. The van der Waals surface area contributed by atoms with Crippen LogP contribution in [0.2, 0.25) is 0 Å². The van der Waals surface area contributed by atoms with Crippen LogP contribution in [0.3, 0.4) is 0 Å². The van der Waals surface area contributed by atoms with Crippen molar-refractivity contribution in [3.05, 3.63) is 35.2 Å². The van der Waals surface area contributed by atoms with Crippen molar-refractivity contribution in [2.75, 3.05) is 13.1 Å². The molecular formula is C9H12BrNO. The summed E-state index contributed by atoms with van der Waals surface area (Å²) in [7, 11) is 0. The third-order valence-electron chi connectivity index (χ3n) is 1.45. The highest BCUT2D eigenvalue weighted by molar-refractivity contribution is 9.11. The first-order valence-corrected chi connectivity index (χ1v) is 4.64. The molecule has 0 atom stereocenters. The third kappa shape index (κ3) is 3.74. The van der Waals surface area contributed by atoms with E-state index in [1.807, 2.05) is 12.1 Å². The lowest BCUT2D eigenvalue weighted by Crippen LogP contribution is -2.18. The zero-order valence-electron chi connectivity index (χ0n) is 6.85. The summed E-state index contributed by atoms with van der Waals surface area (Å²) in [4.78, 5) is 0. The van der Waals surface area contributed by atoms with Crippen molar-refractivity contribution in [2.45, 2.75) is 6.42 Å². The Morgan fingerprint density at radius 1 is 1.67 bits per heavy atom. The maximum absolute atomic E-state index is 5.17. The molecule has 1 N–H and O–H groups in total. The van der Waals surface area contributed by atoms with Crippen molar-refractivity contribution in [1.29, 1.82) is 0 Å². The molecule has 1 aromatic heterocycles. The Hall–Kier alpha value is -0.540. The summed E-state index contributed by atoms with van der Waals surface area (Å²) in [5.74, 6) is 1.02. The zero-order valence-corrected chi connectivity index (χ0v) is 8.43. The van der Waals surface area contributed by atoms with Crippen molar-refractivity contribution in [3.8, 4) is 0 Å². The van der Waals surface area contributed by atoms with Gasteiger partial charge in [-0.2, -0.15) is 0 Å². The highest BCUT2D eigenvalue weighted by atomic mass is 79.9. The van der Waals surface area contributed by atoms with E-state index in [1.165, 1.54) is 0 Å². The van der Waals surface area contributed by atoms with Crippen LogP contribution in [-0.2, 0) is 6.42 Å². The molecule has 0 saturated heterocycles. The summed E-state index contributed by atoms with van der Waals surface area (Å²) in [6.45, 7) is 5.44. The first-order valence-electron chi connectivity index (χ1n) is 3.85. The lowest BCUT2D eigenvalue weighted by Gasteiger charge is -2.00. The summed E-state index contributed by atoms with van der Waals surface area (Å²) in [6, 6.07) is 3.88. The molecule has 2 nitrogen and oxygen atoms in total. The number of halogens is 1. The van der Waals surface area contributed by atoms with Crippen LogP contribution in [0.25, 0.3) is 0 Å². The van der Waals surface area contributed by atoms with E-state index in [9.17, 15) is 0 Å². The van der Waals surface area contributed by atoms with Gasteiger partial charge in [0.15, 0.2) is 0 Å². The normalized spacial score (nSPS) is 10.1. The largest absolute Gasteiger partial charge is 0.469 e. The Kier molecular flexibility index (Phi) is 4.11. The summed E-state index contributed by atoms with van der Waals surface area (Å²) in [5.41, 5.74) is 0. The molecule has 0 radical (unpaired) electrons. The second-order valence-corrected chi connectivity index (χ2v) is 3.64. The SMILES string of the molecule is C=C(Br)CNCCc1ccco1. The van der Waals surface area contributed by atoms with Crippen LogP contribution in [0, 0.1) is 0 Å². The van der Waals surface area contributed by atoms with Crippen LogP contribution in [-0.4, -0.2) is 13.1 Å². The van der Waals surface area contributed by atoms with Gasteiger partial charge in [-0.3, -0.25) is 0 Å². The molecule has 1 aromatic rings. The van der Waals surface area contributed by atoms with Gasteiger partial charge in [-0.15, -0.1) is 0 Å². The first kappa shape index (κ1) is 9.55. The molecule has 0 bridgehead atoms. The van der Waals surface area contributed by atoms with E-state index in [0.717, 1.165) is 29.8 Å². The van der Waals surface area contributed by atoms with Crippen LogP contribution in [0.5, 0.6) is 0 Å². The molecule has 1 heterocycles. The van der Waals surface area contributed by atoms with Crippen molar-refractivity contribution >= 4 is 15.9 Å². The van der Waals surface area contributed by atoms with Gasteiger partial charge in [0.25, 0.3) is 0 Å². The Balaban J connectivity index is 2.07. The summed E-state index contributed by atoms with van der Waals surface area (Å²) < 4.78 is 6.14. The van der Waals surface area contributed by atoms with Gasteiger partial charge in [-0.1, -0.05) is 22.5 Å². The van der Waals surface area contributed by atoms with Crippen molar-refractivity contribution in [3.63, 3.8) is 0 Å². The fraction of sp³-hybridized carbons (Fsp3) is 0.333. The molecule has 12 heavy (non-hydrogen) atoms. The quantitative estimate of drug-likeness (QED) is 0.785. The predicted octanol–water partition coefficient (Wildman–Crippen LogP) is 2.32. The molecule has 66 valence electrons. The van der Waals surface area contributed by atoms with Crippen molar-refractivity contribution < 1.29 is 4.42 Å². The number of hydrogen-bond acceptors (Lipinski definition) is 2. The van der Waals surface area contributed by atoms with Gasteiger partial charge in [-0.25, -0.2) is 0 Å². The monoisotopic (exact) mass is 229 g/mol. The van der Waals surface area contributed by atoms with Gasteiger partial charge in [0.1, 0.15) is 5.76 Å². The van der Waals surface area contributed by atoms with Gasteiger partial charge < -0.3 is 9.73 Å². The zero-order chi connectivity index (χ0) is 8.81. The van der Waals surface area contributed by atoms with E-state index < -0.39 is 0 Å². The summed E-state index contributed by atoms with van der Waals surface area (Å²) in [5, 5.41) is 3.22. The molecule has 0 fully saturated rings. The molecule has 0 unspecified atom stereocenters. The minimum absolute atomic E-state index is 0.806. The highest BCUT2D eigenvalue weighted by Gasteiger charge is 1.94. The number of rotatable bonds is 5. The Bertz CT molecular complexity index is 231. The van der Waals surface area contributed by atoms with E-state index in [4.69, 9.17) is 4.42 Å². The van der Waals surface area contributed by atoms with E-state index in [1.54, 1.807) is 6.26 Å². The van der Waals surface area contributed by atoms with Crippen LogP contribution in [0.1, 0.15) is 5.76 Å². The molecule has 1 rings (SSSR count). The van der Waals surface area contributed by atoms with E-state index >= 15 is 0 Å². The Morgan fingerprint density at radius 2 is 2.50 bits per heavy atom. The molecule has 0 spiro atoms. The third-order valence-corrected chi connectivity index (χ3v) is 1.73. The predicted molar refractivity (Wildman–Crippen MR) is 53.3 cm³/mol. The topological polar surface area (TPSA) is 25.2 Å². The maximum atomic E-state index is 5.17. The molecule has 0 aliphatic rings. The molecule has 0 aliphatic carbocycles. The van der Waals surface area contributed by atoms with Crippen LogP contribution in [0.4, 0.5) is 0 Å². The maximum Gasteiger partial charge on any atom is 0.105 e. The average molecular weight is 230 g/mol. The van der Waals surface area contributed by atoms with Crippen molar-refractivity contribution in [2.24, 2.45) is 0 Å². The standard InChI is InChI=1S/C9H12BrNO/c1-8(10)7-11-5-4-9-3-2-6-12-9/h2-3,6,11H,1,4-5,7H2. The Morgan fingerprint density at radius 3 is 3.08 bits per heavy atom. The minimum atomic E-state index is 0.806. The van der Waals surface area contributed by atoms with E-state index in [-0.39, 0.29) is 0 Å². The number of nitrogens with one attached hydrogen (secondary N) is 1. The Labute approximate surface area is 80.8 Å². The molecule has 0 aliphatic heterocycles. The molecular weight excluding hydrogens is 218 g/mol. The molecule has 0 aromatic carbocycles. The second kappa shape index (κ2) is 5.17. The fourth-order valence-electron chi connectivity index (χ4n) is 0.890. The van der Waals surface area contributed by atoms with Crippen LogP contribution in [0.15, 0.2) is 33.9 Å². The lowest BCUT2D eigenvalue weighted by atomic mass is 10.3. The number of furan rings is 1.